The average Bonchev–Trinajstić information content (AvgIpc) is 2.19. The maximum absolute atomic E-state index is 12.8. The minimum atomic E-state index is -0.951. The predicted octanol–water partition coefficient (Wildman–Crippen LogP) is 2.75. The van der Waals surface area contributed by atoms with E-state index in [2.05, 4.69) is 15.9 Å². The zero-order chi connectivity index (χ0) is 10.6. The highest BCUT2D eigenvalue weighted by atomic mass is 79.9. The monoisotopic (exact) mass is 266 g/mol. The van der Waals surface area contributed by atoms with Gasteiger partial charge in [0.1, 0.15) is 0 Å². The van der Waals surface area contributed by atoms with Gasteiger partial charge in [-0.2, -0.15) is 0 Å². The average molecular weight is 267 g/mol. The molecule has 0 amide bonds. The summed E-state index contributed by atoms with van der Waals surface area (Å²) in [7, 11) is 1.37. The summed E-state index contributed by atoms with van der Waals surface area (Å²) in [5, 5.41) is 0.606. The van der Waals surface area contributed by atoms with E-state index in [-0.39, 0.29) is 11.5 Å². The van der Waals surface area contributed by atoms with Crippen molar-refractivity contribution in [1.29, 1.82) is 0 Å². The number of benzene rings is 1. The van der Waals surface area contributed by atoms with Gasteiger partial charge in [-0.3, -0.25) is 0 Å². The summed E-state index contributed by atoms with van der Waals surface area (Å²) >= 11 is 3.15. The quantitative estimate of drug-likeness (QED) is 0.781. The first kappa shape index (κ1) is 11.2. The number of rotatable bonds is 4. The molecule has 0 heterocycles. The molecule has 0 saturated carbocycles. The molecule has 0 atom stereocenters. The van der Waals surface area contributed by atoms with Crippen molar-refractivity contribution in [2.24, 2.45) is 0 Å². The second-order valence-corrected chi connectivity index (χ2v) is 3.25. The molecule has 78 valence electrons. The Morgan fingerprint density at radius 1 is 1.21 bits per heavy atom. The van der Waals surface area contributed by atoms with Gasteiger partial charge in [0, 0.05) is 17.5 Å². The van der Waals surface area contributed by atoms with Crippen LogP contribution in [0.2, 0.25) is 0 Å². The molecule has 0 aromatic heterocycles. The molecule has 0 saturated heterocycles. The molecule has 0 aliphatic heterocycles. The summed E-state index contributed by atoms with van der Waals surface area (Å²) < 4.78 is 35.5. The molecule has 5 heteroatoms. The van der Waals surface area contributed by atoms with Crippen LogP contribution in [0.1, 0.15) is 0 Å². The first-order valence-corrected chi connectivity index (χ1v) is 5.03. The Labute approximate surface area is 89.0 Å². The molecular formula is C9H9BrF2O2. The maximum Gasteiger partial charge on any atom is 0.164 e. The fourth-order valence-electron chi connectivity index (χ4n) is 0.931. The molecular weight excluding hydrogens is 258 g/mol. The third-order valence-corrected chi connectivity index (χ3v) is 1.87. The molecule has 1 aromatic rings. The van der Waals surface area contributed by atoms with E-state index in [9.17, 15) is 8.78 Å². The molecule has 0 aliphatic rings. The van der Waals surface area contributed by atoms with Gasteiger partial charge in [0.15, 0.2) is 23.1 Å². The summed E-state index contributed by atoms with van der Waals surface area (Å²) in [5.74, 6) is -1.51. The van der Waals surface area contributed by atoms with Crippen molar-refractivity contribution in [3.05, 3.63) is 23.8 Å². The van der Waals surface area contributed by atoms with E-state index in [1.165, 1.54) is 7.11 Å². The van der Waals surface area contributed by atoms with E-state index in [1.807, 2.05) is 0 Å². The zero-order valence-electron chi connectivity index (χ0n) is 7.52. The molecule has 1 aromatic carbocycles. The second kappa shape index (κ2) is 5.14. The van der Waals surface area contributed by atoms with Crippen molar-refractivity contribution in [1.82, 2.24) is 0 Å². The molecule has 0 radical (unpaired) electrons. The first-order valence-electron chi connectivity index (χ1n) is 3.91. The van der Waals surface area contributed by atoms with Crippen LogP contribution in [-0.4, -0.2) is 19.0 Å². The fourth-order valence-corrected chi connectivity index (χ4v) is 1.09. The lowest BCUT2D eigenvalue weighted by Crippen LogP contribution is -2.01. The van der Waals surface area contributed by atoms with Gasteiger partial charge in [-0.1, -0.05) is 15.9 Å². The van der Waals surface area contributed by atoms with Crippen LogP contribution in [0.3, 0.4) is 0 Å². The molecule has 2 nitrogen and oxygen atoms in total. The summed E-state index contributed by atoms with van der Waals surface area (Å²) in [6, 6.07) is 1.93. The van der Waals surface area contributed by atoms with Gasteiger partial charge in [-0.05, 0) is 0 Å². The Bertz CT molecular complexity index is 318. The fraction of sp³-hybridized carbons (Fsp3) is 0.333. The smallest absolute Gasteiger partial charge is 0.164 e. The first-order chi connectivity index (χ1) is 6.69. The minimum Gasteiger partial charge on any atom is -0.493 e. The SMILES string of the molecule is COc1cc(F)c(F)cc1OCCBr. The summed E-state index contributed by atoms with van der Waals surface area (Å²) in [4.78, 5) is 0. The third kappa shape index (κ3) is 2.57. The van der Waals surface area contributed by atoms with E-state index < -0.39 is 11.6 Å². The Kier molecular flexibility index (Phi) is 4.13. The van der Waals surface area contributed by atoms with E-state index in [1.54, 1.807) is 0 Å². The molecule has 14 heavy (non-hydrogen) atoms. The van der Waals surface area contributed by atoms with E-state index in [0.29, 0.717) is 11.9 Å². The third-order valence-electron chi connectivity index (χ3n) is 1.54. The van der Waals surface area contributed by atoms with Gasteiger partial charge in [0.25, 0.3) is 0 Å². The number of halogens is 3. The van der Waals surface area contributed by atoms with Gasteiger partial charge < -0.3 is 9.47 Å². The number of alkyl halides is 1. The van der Waals surface area contributed by atoms with Gasteiger partial charge >= 0.3 is 0 Å². The number of methoxy groups -OCH3 is 1. The summed E-state index contributed by atoms with van der Waals surface area (Å²) in [6.45, 7) is 0.363. The van der Waals surface area contributed by atoms with Crippen LogP contribution in [0, 0.1) is 11.6 Å². The summed E-state index contributed by atoms with van der Waals surface area (Å²) in [5.41, 5.74) is 0. The van der Waals surface area contributed by atoms with E-state index in [0.717, 1.165) is 12.1 Å². The van der Waals surface area contributed by atoms with Crippen LogP contribution < -0.4 is 9.47 Å². The minimum absolute atomic E-state index is 0.185. The van der Waals surface area contributed by atoms with E-state index in [4.69, 9.17) is 9.47 Å². The standard InChI is InChI=1S/C9H9BrF2O2/c1-13-8-4-6(11)7(12)5-9(8)14-3-2-10/h4-5H,2-3H2,1H3. The van der Waals surface area contributed by atoms with Crippen LogP contribution >= 0.6 is 15.9 Å². The molecule has 0 spiro atoms. The maximum atomic E-state index is 12.8. The highest BCUT2D eigenvalue weighted by molar-refractivity contribution is 9.09. The Hall–Kier alpha value is -0.840. The van der Waals surface area contributed by atoms with E-state index >= 15 is 0 Å². The van der Waals surface area contributed by atoms with Gasteiger partial charge in [-0.15, -0.1) is 0 Å². The highest BCUT2D eigenvalue weighted by Gasteiger charge is 2.10. The molecule has 0 aliphatic carbocycles. The molecule has 0 bridgehead atoms. The lowest BCUT2D eigenvalue weighted by atomic mass is 10.3. The molecule has 0 unspecified atom stereocenters. The molecule has 0 fully saturated rings. The molecule has 1 rings (SSSR count). The van der Waals surface area contributed by atoms with Gasteiger partial charge in [-0.25, -0.2) is 8.78 Å². The van der Waals surface area contributed by atoms with Crippen LogP contribution in [0.15, 0.2) is 12.1 Å². The lowest BCUT2D eigenvalue weighted by Gasteiger charge is -2.09. The number of ether oxygens (including phenoxy) is 2. The zero-order valence-corrected chi connectivity index (χ0v) is 9.11. The van der Waals surface area contributed by atoms with Crippen LogP contribution in [0.25, 0.3) is 0 Å². The number of hydrogen-bond donors (Lipinski definition) is 0. The molecule has 0 N–H and O–H groups in total. The predicted molar refractivity (Wildman–Crippen MR) is 52.2 cm³/mol. The van der Waals surface area contributed by atoms with Crippen molar-refractivity contribution in [2.45, 2.75) is 0 Å². The van der Waals surface area contributed by atoms with Gasteiger partial charge in [0.05, 0.1) is 13.7 Å². The van der Waals surface area contributed by atoms with Crippen molar-refractivity contribution >= 4 is 15.9 Å². The van der Waals surface area contributed by atoms with Crippen molar-refractivity contribution in [3.8, 4) is 11.5 Å². The van der Waals surface area contributed by atoms with Crippen LogP contribution in [0.5, 0.6) is 11.5 Å². The lowest BCUT2D eigenvalue weighted by molar-refractivity contribution is 0.309. The largest absolute Gasteiger partial charge is 0.493 e. The number of hydrogen-bond acceptors (Lipinski definition) is 2. The van der Waals surface area contributed by atoms with Crippen molar-refractivity contribution in [3.63, 3.8) is 0 Å². The highest BCUT2D eigenvalue weighted by Crippen LogP contribution is 2.29. The normalized spacial score (nSPS) is 10.0. The summed E-state index contributed by atoms with van der Waals surface area (Å²) in [6.07, 6.45) is 0. The van der Waals surface area contributed by atoms with Crippen LogP contribution in [-0.2, 0) is 0 Å². The Balaban J connectivity index is 2.95. The Morgan fingerprint density at radius 3 is 2.29 bits per heavy atom. The Morgan fingerprint density at radius 2 is 1.79 bits per heavy atom. The van der Waals surface area contributed by atoms with Crippen molar-refractivity contribution in [2.75, 3.05) is 19.0 Å². The van der Waals surface area contributed by atoms with Crippen molar-refractivity contribution < 1.29 is 18.3 Å². The second-order valence-electron chi connectivity index (χ2n) is 2.45. The van der Waals surface area contributed by atoms with Gasteiger partial charge in [0.2, 0.25) is 0 Å². The topological polar surface area (TPSA) is 18.5 Å². The van der Waals surface area contributed by atoms with Crippen LogP contribution in [0.4, 0.5) is 8.78 Å².